The summed E-state index contributed by atoms with van der Waals surface area (Å²) >= 11 is 5.80. The molecule has 0 radical (unpaired) electrons. The van der Waals surface area contributed by atoms with E-state index >= 15 is 0 Å². The van der Waals surface area contributed by atoms with Gasteiger partial charge in [0, 0.05) is 11.4 Å². The molecule has 0 heterocycles. The van der Waals surface area contributed by atoms with Crippen molar-refractivity contribution in [3.8, 4) is 5.75 Å². The summed E-state index contributed by atoms with van der Waals surface area (Å²) in [4.78, 5) is 0. The maximum atomic E-state index is 12.6. The highest BCUT2D eigenvalue weighted by Gasteiger charge is 2.30. The molecule has 0 spiro atoms. The van der Waals surface area contributed by atoms with Crippen LogP contribution in [-0.2, 0) is 12.6 Å². The minimum Gasteiger partial charge on any atom is -0.508 e. The number of phenols is 1. The first-order chi connectivity index (χ1) is 8.86. The third kappa shape index (κ3) is 3.41. The molecule has 1 nitrogen and oxygen atoms in total. The van der Waals surface area contributed by atoms with Crippen LogP contribution in [-0.4, -0.2) is 5.11 Å². The van der Waals surface area contributed by atoms with Crippen LogP contribution in [0.25, 0.3) is 0 Å². The lowest BCUT2D eigenvalue weighted by Crippen LogP contribution is -2.05. The van der Waals surface area contributed by atoms with Crippen LogP contribution in [0.2, 0.25) is 5.02 Å². The number of hydrogen-bond donors (Lipinski definition) is 1. The summed E-state index contributed by atoms with van der Waals surface area (Å²) in [5.74, 6) is 0.0156. The van der Waals surface area contributed by atoms with E-state index in [2.05, 4.69) is 0 Å². The van der Waals surface area contributed by atoms with Gasteiger partial charge in [0.25, 0.3) is 0 Å². The van der Waals surface area contributed by atoms with Gasteiger partial charge in [-0.3, -0.25) is 0 Å². The van der Waals surface area contributed by atoms with Crippen molar-refractivity contribution in [2.75, 3.05) is 0 Å². The zero-order chi connectivity index (χ0) is 14.0. The first-order valence-electron chi connectivity index (χ1n) is 5.50. The highest BCUT2D eigenvalue weighted by Crippen LogP contribution is 2.31. The second kappa shape index (κ2) is 5.13. The molecule has 1 N–H and O–H groups in total. The Bertz CT molecular complexity index is 593. The maximum absolute atomic E-state index is 12.6. The molecule has 0 fully saturated rings. The molecule has 2 aromatic carbocycles. The number of benzene rings is 2. The van der Waals surface area contributed by atoms with Crippen molar-refractivity contribution in [3.05, 3.63) is 64.2 Å². The van der Waals surface area contributed by atoms with Gasteiger partial charge in [0.1, 0.15) is 5.75 Å². The summed E-state index contributed by atoms with van der Waals surface area (Å²) in [5, 5.41) is 10.1. The van der Waals surface area contributed by atoms with Gasteiger partial charge in [-0.15, -0.1) is 0 Å². The highest BCUT2D eigenvalue weighted by atomic mass is 35.5. The zero-order valence-electron chi connectivity index (χ0n) is 9.71. The molecule has 19 heavy (non-hydrogen) atoms. The summed E-state index contributed by atoms with van der Waals surface area (Å²) < 4.78 is 37.7. The van der Waals surface area contributed by atoms with Crippen LogP contribution >= 0.6 is 11.6 Å². The SMILES string of the molecule is Oc1ccc(Cl)cc1Cc1cccc(C(F)(F)F)c1. The summed E-state index contributed by atoms with van der Waals surface area (Å²) in [6.07, 6.45) is -4.18. The summed E-state index contributed by atoms with van der Waals surface area (Å²) in [5.41, 5.74) is 0.255. The lowest BCUT2D eigenvalue weighted by atomic mass is 10.0. The molecule has 5 heteroatoms. The van der Waals surface area contributed by atoms with Gasteiger partial charge < -0.3 is 5.11 Å². The number of hydrogen-bond acceptors (Lipinski definition) is 1. The van der Waals surface area contributed by atoms with Crippen LogP contribution in [0, 0.1) is 0 Å². The molecular weight excluding hydrogens is 277 g/mol. The van der Waals surface area contributed by atoms with Crippen LogP contribution in [0.1, 0.15) is 16.7 Å². The molecule has 2 aromatic rings. The van der Waals surface area contributed by atoms with E-state index in [-0.39, 0.29) is 12.2 Å². The van der Waals surface area contributed by atoms with E-state index in [1.165, 1.54) is 24.3 Å². The van der Waals surface area contributed by atoms with Crippen LogP contribution < -0.4 is 0 Å². The smallest absolute Gasteiger partial charge is 0.416 e. The van der Waals surface area contributed by atoms with Crippen molar-refractivity contribution in [3.63, 3.8) is 0 Å². The number of rotatable bonds is 2. The molecule has 100 valence electrons. The van der Waals surface area contributed by atoms with Crippen molar-refractivity contribution < 1.29 is 18.3 Å². The molecule has 0 saturated carbocycles. The van der Waals surface area contributed by atoms with E-state index in [1.54, 1.807) is 6.07 Å². The van der Waals surface area contributed by atoms with Crippen molar-refractivity contribution in [1.29, 1.82) is 0 Å². The van der Waals surface area contributed by atoms with Crippen molar-refractivity contribution >= 4 is 11.6 Å². The Morgan fingerprint density at radius 3 is 2.47 bits per heavy atom. The monoisotopic (exact) mass is 286 g/mol. The molecule has 0 aliphatic rings. The average molecular weight is 287 g/mol. The molecule has 0 saturated heterocycles. The Morgan fingerprint density at radius 1 is 1.05 bits per heavy atom. The molecular formula is C14H10ClF3O. The van der Waals surface area contributed by atoms with Crippen LogP contribution in [0.4, 0.5) is 13.2 Å². The minimum absolute atomic E-state index is 0.0156. The highest BCUT2D eigenvalue weighted by molar-refractivity contribution is 6.30. The largest absolute Gasteiger partial charge is 0.508 e. The molecule has 0 aromatic heterocycles. The molecule has 0 aliphatic heterocycles. The van der Waals surface area contributed by atoms with Gasteiger partial charge in [0.05, 0.1) is 5.56 Å². The molecule has 0 unspecified atom stereocenters. The quantitative estimate of drug-likeness (QED) is 0.851. The third-order valence-corrected chi connectivity index (χ3v) is 2.93. The van der Waals surface area contributed by atoms with Crippen molar-refractivity contribution in [2.45, 2.75) is 12.6 Å². The molecule has 0 bridgehead atoms. The second-order valence-electron chi connectivity index (χ2n) is 4.15. The molecule has 0 aliphatic carbocycles. The van der Waals surface area contributed by atoms with Crippen molar-refractivity contribution in [1.82, 2.24) is 0 Å². The fourth-order valence-corrected chi connectivity index (χ4v) is 1.97. The maximum Gasteiger partial charge on any atom is 0.416 e. The minimum atomic E-state index is -4.37. The fourth-order valence-electron chi connectivity index (χ4n) is 1.77. The second-order valence-corrected chi connectivity index (χ2v) is 4.58. The van der Waals surface area contributed by atoms with Crippen LogP contribution in [0.5, 0.6) is 5.75 Å². The van der Waals surface area contributed by atoms with E-state index in [1.807, 2.05) is 0 Å². The normalized spacial score (nSPS) is 11.6. The van der Waals surface area contributed by atoms with E-state index in [9.17, 15) is 18.3 Å². The van der Waals surface area contributed by atoms with E-state index in [0.717, 1.165) is 12.1 Å². The van der Waals surface area contributed by atoms with Crippen LogP contribution in [0.15, 0.2) is 42.5 Å². The van der Waals surface area contributed by atoms with Gasteiger partial charge >= 0.3 is 6.18 Å². The Kier molecular flexibility index (Phi) is 3.71. The number of aromatic hydroxyl groups is 1. The average Bonchev–Trinajstić information content (AvgIpc) is 2.33. The van der Waals surface area contributed by atoms with Gasteiger partial charge in [0.15, 0.2) is 0 Å². The lowest BCUT2D eigenvalue weighted by molar-refractivity contribution is -0.137. The summed E-state index contributed by atoms with van der Waals surface area (Å²) in [6.45, 7) is 0. The first kappa shape index (κ1) is 13.7. The number of halogens is 4. The summed E-state index contributed by atoms with van der Waals surface area (Å²) in [7, 11) is 0. The Morgan fingerprint density at radius 2 is 1.79 bits per heavy atom. The van der Waals surface area contributed by atoms with Gasteiger partial charge in [-0.25, -0.2) is 0 Å². The number of phenolic OH excluding ortho intramolecular Hbond substituents is 1. The van der Waals surface area contributed by atoms with E-state index in [0.29, 0.717) is 16.1 Å². The first-order valence-corrected chi connectivity index (χ1v) is 5.87. The Labute approximate surface area is 113 Å². The standard InChI is InChI=1S/C14H10ClF3O/c15-12-4-5-13(19)10(8-12)6-9-2-1-3-11(7-9)14(16,17)18/h1-5,7-8,19H,6H2. The lowest BCUT2D eigenvalue weighted by Gasteiger charge is -2.09. The zero-order valence-corrected chi connectivity index (χ0v) is 10.5. The van der Waals surface area contributed by atoms with Gasteiger partial charge in [-0.2, -0.15) is 13.2 Å². The summed E-state index contributed by atoms with van der Waals surface area (Å²) in [6, 6.07) is 9.49. The number of alkyl halides is 3. The molecule has 2 rings (SSSR count). The van der Waals surface area contributed by atoms with E-state index < -0.39 is 11.7 Å². The fraction of sp³-hybridized carbons (Fsp3) is 0.143. The predicted octanol–water partition coefficient (Wildman–Crippen LogP) is 4.66. The Hall–Kier alpha value is -1.68. The predicted molar refractivity (Wildman–Crippen MR) is 67.4 cm³/mol. The van der Waals surface area contributed by atoms with E-state index in [4.69, 9.17) is 11.6 Å². The molecule has 0 amide bonds. The van der Waals surface area contributed by atoms with Gasteiger partial charge in [-0.05, 0) is 35.4 Å². The third-order valence-electron chi connectivity index (χ3n) is 2.69. The van der Waals surface area contributed by atoms with Crippen molar-refractivity contribution in [2.24, 2.45) is 0 Å². The van der Waals surface area contributed by atoms with Gasteiger partial charge in [0.2, 0.25) is 0 Å². The molecule has 0 atom stereocenters. The van der Waals surface area contributed by atoms with Gasteiger partial charge in [-0.1, -0.05) is 29.8 Å². The Balaban J connectivity index is 2.31. The topological polar surface area (TPSA) is 20.2 Å². The van der Waals surface area contributed by atoms with Crippen LogP contribution in [0.3, 0.4) is 0 Å².